The van der Waals surface area contributed by atoms with Crippen LogP contribution in [-0.2, 0) is 11.2 Å². The summed E-state index contributed by atoms with van der Waals surface area (Å²) >= 11 is 0. The molecule has 0 saturated carbocycles. The fourth-order valence-corrected chi connectivity index (χ4v) is 2.65. The van der Waals surface area contributed by atoms with Crippen LogP contribution in [0.5, 0.6) is 0 Å². The molecule has 116 valence electrons. The number of aromatic nitrogens is 2. The van der Waals surface area contributed by atoms with E-state index in [0.717, 1.165) is 17.7 Å². The third kappa shape index (κ3) is 2.56. The minimum absolute atomic E-state index is 0.193. The quantitative estimate of drug-likeness (QED) is 0.811. The number of ether oxygens (including phenoxy) is 1. The molecule has 2 heterocycles. The fraction of sp³-hybridized carbons (Fsp3) is 0.438. The molecule has 1 aromatic carbocycles. The minimum atomic E-state index is -0.549. The summed E-state index contributed by atoms with van der Waals surface area (Å²) in [6, 6.07) is 3.62. The van der Waals surface area contributed by atoms with Gasteiger partial charge in [0.15, 0.2) is 0 Å². The first-order valence-electron chi connectivity index (χ1n) is 7.29. The van der Waals surface area contributed by atoms with Crippen LogP contribution in [0.4, 0.5) is 10.5 Å². The lowest BCUT2D eigenvalue weighted by Gasteiger charge is -2.24. The highest BCUT2D eigenvalue weighted by Gasteiger charge is 2.29. The van der Waals surface area contributed by atoms with E-state index in [1.54, 1.807) is 17.9 Å². The Morgan fingerprint density at radius 1 is 1.36 bits per heavy atom. The molecule has 0 spiro atoms. The number of benzene rings is 1. The SMILES string of the molecule is Cc1nc2cc3c(cc2c(=O)[nH]1)N(C(=O)OC(C)(C)C)CC3. The Morgan fingerprint density at radius 3 is 2.77 bits per heavy atom. The zero-order valence-corrected chi connectivity index (χ0v) is 13.2. The van der Waals surface area contributed by atoms with Crippen LogP contribution in [0.25, 0.3) is 10.9 Å². The van der Waals surface area contributed by atoms with Crippen LogP contribution < -0.4 is 10.5 Å². The van der Waals surface area contributed by atoms with Gasteiger partial charge in [-0.3, -0.25) is 9.69 Å². The lowest BCUT2D eigenvalue weighted by atomic mass is 10.1. The van der Waals surface area contributed by atoms with E-state index in [2.05, 4.69) is 9.97 Å². The van der Waals surface area contributed by atoms with Crippen molar-refractivity contribution in [3.63, 3.8) is 0 Å². The van der Waals surface area contributed by atoms with Crippen molar-refractivity contribution in [3.8, 4) is 0 Å². The molecule has 0 unspecified atom stereocenters. The van der Waals surface area contributed by atoms with E-state index in [9.17, 15) is 9.59 Å². The van der Waals surface area contributed by atoms with Gasteiger partial charge >= 0.3 is 6.09 Å². The van der Waals surface area contributed by atoms with Crippen molar-refractivity contribution in [2.24, 2.45) is 0 Å². The van der Waals surface area contributed by atoms with Crippen LogP contribution in [0.3, 0.4) is 0 Å². The van der Waals surface area contributed by atoms with Gasteiger partial charge in [-0.25, -0.2) is 9.78 Å². The van der Waals surface area contributed by atoms with Gasteiger partial charge in [-0.1, -0.05) is 0 Å². The molecule has 1 aliphatic rings. The third-order valence-electron chi connectivity index (χ3n) is 3.53. The summed E-state index contributed by atoms with van der Waals surface area (Å²) in [7, 11) is 0. The lowest BCUT2D eigenvalue weighted by Crippen LogP contribution is -2.35. The molecular weight excluding hydrogens is 282 g/mol. The first kappa shape index (κ1) is 14.6. The van der Waals surface area contributed by atoms with Crippen molar-refractivity contribution in [3.05, 3.63) is 33.9 Å². The fourth-order valence-electron chi connectivity index (χ4n) is 2.65. The zero-order valence-electron chi connectivity index (χ0n) is 13.2. The molecule has 2 aromatic rings. The second-order valence-corrected chi connectivity index (χ2v) is 6.53. The normalized spacial score (nSPS) is 14.3. The smallest absolute Gasteiger partial charge is 0.414 e. The van der Waals surface area contributed by atoms with E-state index in [0.29, 0.717) is 23.3 Å². The largest absolute Gasteiger partial charge is 0.443 e. The molecule has 0 fully saturated rings. The zero-order chi connectivity index (χ0) is 16.1. The van der Waals surface area contributed by atoms with Crippen LogP contribution in [-0.4, -0.2) is 28.2 Å². The number of aryl methyl sites for hydroxylation is 1. The van der Waals surface area contributed by atoms with E-state index < -0.39 is 5.60 Å². The molecule has 1 aromatic heterocycles. The van der Waals surface area contributed by atoms with Gasteiger partial charge in [0.2, 0.25) is 0 Å². The van der Waals surface area contributed by atoms with Crippen molar-refractivity contribution in [1.82, 2.24) is 9.97 Å². The van der Waals surface area contributed by atoms with Gasteiger partial charge in [0.05, 0.1) is 16.6 Å². The number of nitrogens with zero attached hydrogens (tertiary/aromatic N) is 2. The summed E-state index contributed by atoms with van der Waals surface area (Å²) < 4.78 is 5.43. The van der Waals surface area contributed by atoms with Gasteiger partial charge < -0.3 is 9.72 Å². The maximum atomic E-state index is 12.3. The Bertz CT molecular complexity index is 818. The Morgan fingerprint density at radius 2 is 2.09 bits per heavy atom. The van der Waals surface area contributed by atoms with Crippen LogP contribution in [0.1, 0.15) is 32.2 Å². The van der Waals surface area contributed by atoms with Crippen LogP contribution in [0.15, 0.2) is 16.9 Å². The Kier molecular flexibility index (Phi) is 3.20. The van der Waals surface area contributed by atoms with Crippen LogP contribution in [0.2, 0.25) is 0 Å². The number of amides is 1. The van der Waals surface area contributed by atoms with E-state index in [1.165, 1.54) is 0 Å². The summed E-state index contributed by atoms with van der Waals surface area (Å²) in [5.74, 6) is 0.583. The molecule has 0 saturated heterocycles. The molecular formula is C16H19N3O3. The van der Waals surface area contributed by atoms with Gasteiger partial charge in [0.25, 0.3) is 5.56 Å². The second kappa shape index (κ2) is 4.83. The lowest BCUT2D eigenvalue weighted by molar-refractivity contribution is 0.0584. The maximum Gasteiger partial charge on any atom is 0.414 e. The summed E-state index contributed by atoms with van der Waals surface area (Å²) in [6.45, 7) is 7.80. The Hall–Kier alpha value is -2.37. The molecule has 0 atom stereocenters. The maximum absolute atomic E-state index is 12.3. The van der Waals surface area contributed by atoms with E-state index in [1.807, 2.05) is 26.8 Å². The highest BCUT2D eigenvalue weighted by atomic mass is 16.6. The minimum Gasteiger partial charge on any atom is -0.443 e. The molecule has 1 amide bonds. The number of carbonyl (C=O) groups excluding carboxylic acids is 1. The second-order valence-electron chi connectivity index (χ2n) is 6.53. The van der Waals surface area contributed by atoms with Crippen molar-refractivity contribution >= 4 is 22.7 Å². The third-order valence-corrected chi connectivity index (χ3v) is 3.53. The van der Waals surface area contributed by atoms with Crippen molar-refractivity contribution in [1.29, 1.82) is 0 Å². The first-order valence-corrected chi connectivity index (χ1v) is 7.29. The number of fused-ring (bicyclic) bond motifs is 2. The van der Waals surface area contributed by atoms with Gasteiger partial charge in [0, 0.05) is 6.54 Å². The Balaban J connectivity index is 2.06. The summed E-state index contributed by atoms with van der Waals surface area (Å²) in [4.78, 5) is 33.0. The number of nitrogens with one attached hydrogen (secondary N) is 1. The first-order chi connectivity index (χ1) is 10.2. The number of carbonyl (C=O) groups is 1. The van der Waals surface area contributed by atoms with Gasteiger partial charge in [0.1, 0.15) is 11.4 Å². The highest BCUT2D eigenvalue weighted by Crippen LogP contribution is 2.32. The Labute approximate surface area is 128 Å². The number of hydrogen-bond acceptors (Lipinski definition) is 4. The van der Waals surface area contributed by atoms with E-state index >= 15 is 0 Å². The average Bonchev–Trinajstić information content (AvgIpc) is 2.77. The van der Waals surface area contributed by atoms with E-state index in [4.69, 9.17) is 4.74 Å². The number of anilines is 1. The number of aromatic amines is 1. The van der Waals surface area contributed by atoms with Crippen LogP contribution in [0, 0.1) is 6.92 Å². The summed E-state index contributed by atoms with van der Waals surface area (Å²) in [5, 5.41) is 0.486. The molecule has 6 heteroatoms. The molecule has 1 aliphatic heterocycles. The molecule has 6 nitrogen and oxygen atoms in total. The van der Waals surface area contributed by atoms with E-state index in [-0.39, 0.29) is 11.7 Å². The van der Waals surface area contributed by atoms with Crippen LogP contribution >= 0.6 is 0 Å². The number of hydrogen-bond donors (Lipinski definition) is 1. The van der Waals surface area contributed by atoms with Gasteiger partial charge in [-0.05, 0) is 51.8 Å². The molecule has 1 N–H and O–H groups in total. The molecule has 0 bridgehead atoms. The monoisotopic (exact) mass is 301 g/mol. The molecule has 3 rings (SSSR count). The molecule has 0 radical (unpaired) electrons. The van der Waals surface area contributed by atoms with Crippen molar-refractivity contribution in [2.45, 2.75) is 39.7 Å². The van der Waals surface area contributed by atoms with Crippen molar-refractivity contribution in [2.75, 3.05) is 11.4 Å². The van der Waals surface area contributed by atoms with Crippen molar-refractivity contribution < 1.29 is 9.53 Å². The summed E-state index contributed by atoms with van der Waals surface area (Å²) in [5.41, 5.74) is 1.66. The predicted octanol–water partition coefficient (Wildman–Crippen LogP) is 2.53. The van der Waals surface area contributed by atoms with Gasteiger partial charge in [-0.15, -0.1) is 0 Å². The summed E-state index contributed by atoms with van der Waals surface area (Å²) in [6.07, 6.45) is 0.347. The van der Waals surface area contributed by atoms with Gasteiger partial charge in [-0.2, -0.15) is 0 Å². The average molecular weight is 301 g/mol. The number of H-pyrrole nitrogens is 1. The molecule has 22 heavy (non-hydrogen) atoms. The molecule has 0 aliphatic carbocycles. The standard InChI is InChI=1S/C16H19N3O3/c1-9-17-12-7-10-5-6-19(15(21)22-16(2,3)4)13(10)8-11(12)14(20)18-9/h7-8H,5-6H2,1-4H3,(H,17,18,20). The number of rotatable bonds is 0. The topological polar surface area (TPSA) is 75.3 Å². The highest BCUT2D eigenvalue weighted by molar-refractivity contribution is 5.95. The predicted molar refractivity (Wildman–Crippen MR) is 84.4 cm³/mol.